The van der Waals surface area contributed by atoms with Gasteiger partial charge in [0, 0.05) is 6.54 Å². The predicted octanol–water partition coefficient (Wildman–Crippen LogP) is 2.97. The minimum Gasteiger partial charge on any atom is -0.480 e. The van der Waals surface area contributed by atoms with E-state index < -0.39 is 35.5 Å². The second kappa shape index (κ2) is 11.1. The van der Waals surface area contributed by atoms with E-state index in [0.717, 1.165) is 0 Å². The van der Waals surface area contributed by atoms with Crippen LogP contribution in [-0.4, -0.2) is 35.5 Å². The zero-order valence-corrected chi connectivity index (χ0v) is 18.1. The minimum absolute atomic E-state index is 0.0978. The van der Waals surface area contributed by atoms with Crippen molar-refractivity contribution in [1.29, 1.82) is 0 Å². The number of aliphatic carboxylic acids is 1. The van der Waals surface area contributed by atoms with Crippen LogP contribution >= 0.6 is 0 Å². The van der Waals surface area contributed by atoms with Gasteiger partial charge < -0.3 is 26.3 Å². The zero-order valence-electron chi connectivity index (χ0n) is 18.1. The Bertz CT molecular complexity index is 1150. The fraction of sp³-hybridized carbons (Fsp3) is 0.208. The lowest BCUT2D eigenvalue weighted by atomic mass is 9.89. The number of nitrogens with zero attached hydrogens (tertiary/aromatic N) is 1. The third-order valence-corrected chi connectivity index (χ3v) is 5.05. The number of halogens is 2. The molecule has 1 atom stereocenters. The number of guanidine groups is 1. The second-order valence-corrected chi connectivity index (χ2v) is 7.56. The van der Waals surface area contributed by atoms with E-state index in [9.17, 15) is 23.5 Å². The lowest BCUT2D eigenvalue weighted by Crippen LogP contribution is -2.40. The molecular weight excluding hydrogens is 446 g/mol. The van der Waals surface area contributed by atoms with Gasteiger partial charge in [-0.2, -0.15) is 0 Å². The highest BCUT2D eigenvalue weighted by Crippen LogP contribution is 2.33. The first-order valence-electron chi connectivity index (χ1n) is 10.4. The molecule has 3 rings (SSSR count). The van der Waals surface area contributed by atoms with E-state index in [1.54, 1.807) is 12.1 Å². The molecule has 0 spiro atoms. The van der Waals surface area contributed by atoms with E-state index >= 15 is 0 Å². The van der Waals surface area contributed by atoms with Crippen molar-refractivity contribution in [3.8, 4) is 0 Å². The van der Waals surface area contributed by atoms with Crippen LogP contribution in [0.1, 0.15) is 46.2 Å². The number of furan rings is 1. The maximum Gasteiger partial charge on any atom is 0.326 e. The molecule has 34 heavy (non-hydrogen) atoms. The third kappa shape index (κ3) is 6.41. The van der Waals surface area contributed by atoms with Gasteiger partial charge in [0.2, 0.25) is 0 Å². The molecule has 0 fully saturated rings. The van der Waals surface area contributed by atoms with Gasteiger partial charge in [0.1, 0.15) is 23.4 Å². The summed E-state index contributed by atoms with van der Waals surface area (Å²) in [6, 6.07) is 13.3. The molecule has 0 saturated heterocycles. The summed E-state index contributed by atoms with van der Waals surface area (Å²) in [6.07, 6.45) is 0.431. The normalized spacial score (nSPS) is 11.7. The molecule has 6 N–H and O–H groups in total. The van der Waals surface area contributed by atoms with Gasteiger partial charge in [-0.1, -0.05) is 24.3 Å². The number of hydrogen-bond acceptors (Lipinski definition) is 4. The summed E-state index contributed by atoms with van der Waals surface area (Å²) in [7, 11) is 0. The topological polar surface area (TPSA) is 144 Å². The Kier molecular flexibility index (Phi) is 7.96. The number of rotatable bonds is 10. The van der Waals surface area contributed by atoms with Crippen LogP contribution in [0.15, 0.2) is 70.1 Å². The lowest BCUT2D eigenvalue weighted by Gasteiger charge is -2.16. The van der Waals surface area contributed by atoms with Crippen molar-refractivity contribution in [3.05, 3.63) is 94.9 Å². The molecule has 0 aliphatic rings. The number of carboxylic acid groups (broad SMARTS) is 1. The van der Waals surface area contributed by atoms with Gasteiger partial charge in [-0.15, -0.1) is 0 Å². The Balaban J connectivity index is 1.83. The summed E-state index contributed by atoms with van der Waals surface area (Å²) < 4.78 is 33.6. The van der Waals surface area contributed by atoms with Crippen molar-refractivity contribution in [3.63, 3.8) is 0 Å². The van der Waals surface area contributed by atoms with Gasteiger partial charge in [-0.25, -0.2) is 13.6 Å². The van der Waals surface area contributed by atoms with E-state index in [4.69, 9.17) is 15.9 Å². The maximum atomic E-state index is 13.9. The zero-order chi connectivity index (χ0) is 24.7. The fourth-order valence-electron chi connectivity index (χ4n) is 3.51. The van der Waals surface area contributed by atoms with Gasteiger partial charge in [-0.05, 0) is 60.4 Å². The Morgan fingerprint density at radius 3 is 2.15 bits per heavy atom. The van der Waals surface area contributed by atoms with E-state index in [-0.39, 0.29) is 30.4 Å². The van der Waals surface area contributed by atoms with Crippen LogP contribution in [0, 0.1) is 11.6 Å². The van der Waals surface area contributed by atoms with E-state index in [1.165, 1.54) is 48.5 Å². The number of nitrogens with one attached hydrogen (secondary N) is 1. The van der Waals surface area contributed by atoms with Crippen LogP contribution < -0.4 is 16.8 Å². The second-order valence-electron chi connectivity index (χ2n) is 7.56. The average Bonchev–Trinajstić information content (AvgIpc) is 3.25. The number of carboxylic acids is 1. The molecule has 0 saturated carbocycles. The molecule has 3 aromatic rings. The number of benzene rings is 2. The Labute approximate surface area is 194 Å². The quantitative estimate of drug-likeness (QED) is 0.204. The molecule has 1 aromatic heterocycles. The number of hydrogen-bond donors (Lipinski definition) is 4. The average molecular weight is 470 g/mol. The SMILES string of the molecule is NC(N)=NCCC[C@@H](NC(=O)c1ccc(C(c2cccc(F)c2)c2cccc(F)c2)o1)C(=O)O. The summed E-state index contributed by atoms with van der Waals surface area (Å²) in [4.78, 5) is 28.0. The first-order valence-corrected chi connectivity index (χ1v) is 10.4. The molecule has 1 amide bonds. The Morgan fingerprint density at radius 1 is 1.00 bits per heavy atom. The Hall–Kier alpha value is -4.21. The van der Waals surface area contributed by atoms with Gasteiger partial charge in [0.25, 0.3) is 5.91 Å². The van der Waals surface area contributed by atoms with E-state index in [0.29, 0.717) is 17.5 Å². The molecule has 0 aliphatic heterocycles. The largest absolute Gasteiger partial charge is 0.480 e. The molecule has 178 valence electrons. The van der Waals surface area contributed by atoms with E-state index in [1.807, 2.05) is 0 Å². The molecule has 2 aromatic carbocycles. The van der Waals surface area contributed by atoms with Gasteiger partial charge in [0.15, 0.2) is 11.7 Å². The monoisotopic (exact) mass is 470 g/mol. The maximum absolute atomic E-state index is 13.9. The van der Waals surface area contributed by atoms with Crippen LogP contribution in [-0.2, 0) is 4.79 Å². The summed E-state index contributed by atoms with van der Waals surface area (Å²) in [5.41, 5.74) is 11.5. The molecular formula is C24H24F2N4O4. The number of nitrogens with two attached hydrogens (primary N) is 2. The molecule has 0 unspecified atom stereocenters. The number of amides is 1. The smallest absolute Gasteiger partial charge is 0.326 e. The molecule has 0 bridgehead atoms. The van der Waals surface area contributed by atoms with Crippen molar-refractivity contribution in [1.82, 2.24) is 5.32 Å². The highest BCUT2D eigenvalue weighted by molar-refractivity contribution is 5.94. The predicted molar refractivity (Wildman–Crippen MR) is 121 cm³/mol. The van der Waals surface area contributed by atoms with Crippen molar-refractivity contribution >= 4 is 17.8 Å². The summed E-state index contributed by atoms with van der Waals surface area (Å²) in [5.74, 6) is -3.58. The summed E-state index contributed by atoms with van der Waals surface area (Å²) in [6.45, 7) is 0.218. The first kappa shape index (κ1) is 24.4. The molecule has 0 radical (unpaired) electrons. The highest BCUT2D eigenvalue weighted by Gasteiger charge is 2.25. The molecule has 1 heterocycles. The van der Waals surface area contributed by atoms with Crippen molar-refractivity contribution in [2.24, 2.45) is 16.5 Å². The summed E-state index contributed by atoms with van der Waals surface area (Å²) >= 11 is 0. The summed E-state index contributed by atoms with van der Waals surface area (Å²) in [5, 5.41) is 11.8. The van der Waals surface area contributed by atoms with Gasteiger partial charge in [-0.3, -0.25) is 9.79 Å². The highest BCUT2D eigenvalue weighted by atomic mass is 19.1. The van der Waals surface area contributed by atoms with Gasteiger partial charge >= 0.3 is 5.97 Å². The van der Waals surface area contributed by atoms with Crippen molar-refractivity contribution < 1.29 is 27.9 Å². The Morgan fingerprint density at radius 2 is 1.62 bits per heavy atom. The first-order chi connectivity index (χ1) is 16.2. The third-order valence-electron chi connectivity index (χ3n) is 5.05. The number of carbonyl (C=O) groups is 2. The van der Waals surface area contributed by atoms with Gasteiger partial charge in [0.05, 0.1) is 5.92 Å². The van der Waals surface area contributed by atoms with Crippen molar-refractivity contribution in [2.45, 2.75) is 24.8 Å². The van der Waals surface area contributed by atoms with Crippen LogP contribution in [0.4, 0.5) is 8.78 Å². The van der Waals surface area contributed by atoms with Crippen LogP contribution in [0.25, 0.3) is 0 Å². The molecule has 0 aliphatic carbocycles. The molecule has 10 heteroatoms. The van der Waals surface area contributed by atoms with Crippen LogP contribution in [0.3, 0.4) is 0 Å². The van der Waals surface area contributed by atoms with Crippen LogP contribution in [0.2, 0.25) is 0 Å². The lowest BCUT2D eigenvalue weighted by molar-refractivity contribution is -0.139. The molecule has 8 nitrogen and oxygen atoms in total. The minimum atomic E-state index is -1.22. The standard InChI is InChI=1S/C24H24F2N4O4/c25-16-6-1-4-14(12-16)21(15-5-2-7-17(26)13-15)19-9-10-20(34-19)22(31)30-18(23(32)33)8-3-11-29-24(27)28/h1-2,4-7,9-10,12-13,18,21H,3,8,11H2,(H,30,31)(H,32,33)(H4,27,28,29)/t18-/m1/s1. The number of carbonyl (C=O) groups excluding carboxylic acids is 1. The van der Waals surface area contributed by atoms with E-state index in [2.05, 4.69) is 10.3 Å². The fourth-order valence-corrected chi connectivity index (χ4v) is 3.51. The van der Waals surface area contributed by atoms with Crippen LogP contribution in [0.5, 0.6) is 0 Å². The number of aliphatic imine (C=N–C) groups is 1. The van der Waals surface area contributed by atoms with Crippen molar-refractivity contribution in [2.75, 3.05) is 6.54 Å².